The molecule has 17 heavy (non-hydrogen) atoms. The molecule has 3 nitrogen and oxygen atoms in total. The molecule has 2 N–H and O–H groups in total. The van der Waals surface area contributed by atoms with Crippen LogP contribution in [0.25, 0.3) is 0 Å². The van der Waals surface area contributed by atoms with Crippen LogP contribution >= 0.6 is 0 Å². The molecule has 0 aromatic rings. The fourth-order valence-corrected chi connectivity index (χ4v) is 2.21. The lowest BCUT2D eigenvalue weighted by atomic mass is 9.84. The Morgan fingerprint density at radius 1 is 1.18 bits per heavy atom. The third-order valence-electron chi connectivity index (χ3n) is 4.18. The van der Waals surface area contributed by atoms with Gasteiger partial charge in [-0.05, 0) is 46.5 Å². The molecule has 0 radical (unpaired) electrons. The van der Waals surface area contributed by atoms with Gasteiger partial charge in [-0.3, -0.25) is 4.79 Å². The zero-order valence-corrected chi connectivity index (χ0v) is 11.7. The van der Waals surface area contributed by atoms with Crippen LogP contribution in [0.4, 0.5) is 0 Å². The Hall–Kier alpha value is -0.570. The number of aliphatic hydroxyl groups is 1. The van der Waals surface area contributed by atoms with Crippen LogP contribution in [0.5, 0.6) is 0 Å². The average Bonchev–Trinajstić information content (AvgIpc) is 2.16. The van der Waals surface area contributed by atoms with Crippen LogP contribution in [0.2, 0.25) is 0 Å². The lowest BCUT2D eigenvalue weighted by molar-refractivity contribution is -0.127. The van der Waals surface area contributed by atoms with Gasteiger partial charge in [-0.15, -0.1) is 0 Å². The minimum atomic E-state index is -0.908. The van der Waals surface area contributed by atoms with E-state index in [1.54, 1.807) is 13.8 Å². The Kier molecular flexibility index (Phi) is 4.59. The van der Waals surface area contributed by atoms with Crippen LogP contribution in [0, 0.1) is 5.92 Å². The second-order valence-corrected chi connectivity index (χ2v) is 6.44. The molecule has 100 valence electrons. The largest absolute Gasteiger partial charge is 0.388 e. The topological polar surface area (TPSA) is 49.3 Å². The molecule has 0 bridgehead atoms. The fraction of sp³-hybridized carbons (Fsp3) is 0.929. The molecule has 0 saturated heterocycles. The Labute approximate surface area is 105 Å². The number of rotatable bonds is 4. The summed E-state index contributed by atoms with van der Waals surface area (Å²) in [5, 5.41) is 12.9. The number of hydrogen-bond acceptors (Lipinski definition) is 2. The van der Waals surface area contributed by atoms with Gasteiger partial charge in [0.05, 0.1) is 11.1 Å². The highest BCUT2D eigenvalue weighted by atomic mass is 16.3. The zero-order chi connectivity index (χ0) is 13.1. The summed E-state index contributed by atoms with van der Waals surface area (Å²) < 4.78 is 0. The highest BCUT2D eigenvalue weighted by Crippen LogP contribution is 2.27. The maximum Gasteiger partial charge on any atom is 0.220 e. The van der Waals surface area contributed by atoms with E-state index in [0.717, 1.165) is 0 Å². The van der Waals surface area contributed by atoms with Crippen LogP contribution in [0.15, 0.2) is 0 Å². The van der Waals surface area contributed by atoms with Gasteiger partial charge >= 0.3 is 0 Å². The fourth-order valence-electron chi connectivity index (χ4n) is 2.21. The molecule has 0 aromatic carbocycles. The average molecular weight is 241 g/mol. The summed E-state index contributed by atoms with van der Waals surface area (Å²) in [6.45, 7) is 7.19. The van der Waals surface area contributed by atoms with Gasteiger partial charge in [-0.1, -0.05) is 19.3 Å². The number of hydrogen-bond donors (Lipinski definition) is 2. The molecule has 3 heteroatoms. The number of carbonyl (C=O) groups is 1. The minimum absolute atomic E-state index is 0.0732. The SMILES string of the molecule is CC(C)(O)C(C)(C)NC(=O)CC1CCCCC1. The summed E-state index contributed by atoms with van der Waals surface area (Å²) in [6.07, 6.45) is 6.79. The monoisotopic (exact) mass is 241 g/mol. The van der Waals surface area contributed by atoms with Gasteiger partial charge in [-0.25, -0.2) is 0 Å². The van der Waals surface area contributed by atoms with Crippen LogP contribution in [0.1, 0.15) is 66.2 Å². The van der Waals surface area contributed by atoms with Crippen molar-refractivity contribution in [2.45, 2.75) is 77.4 Å². The molecule has 1 fully saturated rings. The first-order chi connectivity index (χ1) is 7.72. The standard InChI is InChI=1S/C14H27NO2/c1-13(2,14(3,4)17)15-12(16)10-11-8-6-5-7-9-11/h11,17H,5-10H2,1-4H3,(H,15,16). The molecular formula is C14H27NO2. The van der Waals surface area contributed by atoms with Crippen molar-refractivity contribution in [1.29, 1.82) is 0 Å². The summed E-state index contributed by atoms with van der Waals surface area (Å²) in [5.74, 6) is 0.616. The zero-order valence-electron chi connectivity index (χ0n) is 11.7. The normalized spacial score (nSPS) is 19.1. The predicted molar refractivity (Wildman–Crippen MR) is 69.7 cm³/mol. The van der Waals surface area contributed by atoms with E-state index in [-0.39, 0.29) is 5.91 Å². The van der Waals surface area contributed by atoms with Crippen molar-refractivity contribution in [3.05, 3.63) is 0 Å². The van der Waals surface area contributed by atoms with Crippen LogP contribution in [-0.2, 0) is 4.79 Å². The third-order valence-corrected chi connectivity index (χ3v) is 4.18. The maximum atomic E-state index is 12.0. The van der Waals surface area contributed by atoms with Gasteiger partial charge < -0.3 is 10.4 Å². The van der Waals surface area contributed by atoms with Crippen molar-refractivity contribution in [1.82, 2.24) is 5.32 Å². The van der Waals surface area contributed by atoms with Crippen LogP contribution in [-0.4, -0.2) is 22.2 Å². The van der Waals surface area contributed by atoms with E-state index in [1.807, 2.05) is 13.8 Å². The Morgan fingerprint density at radius 2 is 1.71 bits per heavy atom. The Morgan fingerprint density at radius 3 is 2.18 bits per heavy atom. The van der Waals surface area contributed by atoms with E-state index in [9.17, 15) is 9.90 Å². The molecule has 0 aliphatic heterocycles. The molecule has 1 rings (SSSR count). The number of nitrogens with one attached hydrogen (secondary N) is 1. The molecule has 0 aromatic heterocycles. The summed E-state index contributed by atoms with van der Waals surface area (Å²) >= 11 is 0. The number of amides is 1. The van der Waals surface area contributed by atoms with Crippen molar-refractivity contribution in [3.63, 3.8) is 0 Å². The molecule has 0 unspecified atom stereocenters. The predicted octanol–water partition coefficient (Wildman–Crippen LogP) is 2.62. The highest BCUT2D eigenvalue weighted by Gasteiger charge is 2.36. The van der Waals surface area contributed by atoms with E-state index < -0.39 is 11.1 Å². The van der Waals surface area contributed by atoms with E-state index >= 15 is 0 Å². The van der Waals surface area contributed by atoms with Crippen molar-refractivity contribution < 1.29 is 9.90 Å². The molecule has 0 heterocycles. The Balaban J connectivity index is 2.43. The highest BCUT2D eigenvalue weighted by molar-refractivity contribution is 5.77. The third kappa shape index (κ3) is 4.30. The summed E-state index contributed by atoms with van der Waals surface area (Å²) in [7, 11) is 0. The van der Waals surface area contributed by atoms with E-state index in [0.29, 0.717) is 12.3 Å². The molecule has 1 aliphatic rings. The molecule has 0 spiro atoms. The van der Waals surface area contributed by atoms with Crippen molar-refractivity contribution in [2.24, 2.45) is 5.92 Å². The second kappa shape index (κ2) is 5.38. The molecular weight excluding hydrogens is 214 g/mol. The van der Waals surface area contributed by atoms with Crippen molar-refractivity contribution in [2.75, 3.05) is 0 Å². The van der Waals surface area contributed by atoms with Crippen molar-refractivity contribution >= 4 is 5.91 Å². The van der Waals surface area contributed by atoms with E-state index in [2.05, 4.69) is 5.32 Å². The first-order valence-corrected chi connectivity index (χ1v) is 6.76. The lowest BCUT2D eigenvalue weighted by Crippen LogP contribution is -2.57. The van der Waals surface area contributed by atoms with E-state index in [4.69, 9.17) is 0 Å². The smallest absolute Gasteiger partial charge is 0.220 e. The van der Waals surface area contributed by atoms with Gasteiger partial charge in [0.1, 0.15) is 0 Å². The molecule has 1 aliphatic carbocycles. The molecule has 1 amide bonds. The first kappa shape index (κ1) is 14.5. The second-order valence-electron chi connectivity index (χ2n) is 6.44. The van der Waals surface area contributed by atoms with Gasteiger partial charge in [0.15, 0.2) is 0 Å². The van der Waals surface area contributed by atoms with Crippen LogP contribution < -0.4 is 5.32 Å². The maximum absolute atomic E-state index is 12.0. The quantitative estimate of drug-likeness (QED) is 0.795. The number of carbonyl (C=O) groups excluding carboxylic acids is 1. The summed E-state index contributed by atoms with van der Waals surface area (Å²) in [5.41, 5.74) is -1.49. The van der Waals surface area contributed by atoms with Gasteiger partial charge in [0.25, 0.3) is 0 Å². The lowest BCUT2D eigenvalue weighted by Gasteiger charge is -2.38. The molecule has 1 saturated carbocycles. The summed E-state index contributed by atoms with van der Waals surface area (Å²) in [4.78, 5) is 12.0. The molecule has 0 atom stereocenters. The minimum Gasteiger partial charge on any atom is -0.388 e. The Bertz CT molecular complexity index is 260. The van der Waals surface area contributed by atoms with Gasteiger partial charge in [-0.2, -0.15) is 0 Å². The summed E-state index contributed by atoms with van der Waals surface area (Å²) in [6, 6.07) is 0. The van der Waals surface area contributed by atoms with E-state index in [1.165, 1.54) is 32.1 Å². The van der Waals surface area contributed by atoms with Crippen LogP contribution in [0.3, 0.4) is 0 Å². The first-order valence-electron chi connectivity index (χ1n) is 6.76. The van der Waals surface area contributed by atoms with Gasteiger partial charge in [0, 0.05) is 6.42 Å². The van der Waals surface area contributed by atoms with Gasteiger partial charge in [0.2, 0.25) is 5.91 Å². The van der Waals surface area contributed by atoms with Crippen molar-refractivity contribution in [3.8, 4) is 0 Å².